The summed E-state index contributed by atoms with van der Waals surface area (Å²) in [5.41, 5.74) is 0.491. The van der Waals surface area contributed by atoms with Crippen LogP contribution >= 0.6 is 70.2 Å². The van der Waals surface area contributed by atoms with Crippen LogP contribution in [0.4, 0.5) is 5.69 Å². The van der Waals surface area contributed by atoms with Crippen LogP contribution in [0.3, 0.4) is 0 Å². The van der Waals surface area contributed by atoms with Crippen LogP contribution in [0, 0.1) is 0 Å². The molecule has 1 rings (SSSR count). The predicted molar refractivity (Wildman–Crippen MR) is 117 cm³/mol. The van der Waals surface area contributed by atoms with Crippen LogP contribution in [0.1, 0.15) is 39.0 Å². The summed E-state index contributed by atoms with van der Waals surface area (Å²) in [6.07, 6.45) is 3.25. The Bertz CT molecular complexity index is 624. The summed E-state index contributed by atoms with van der Waals surface area (Å²) in [5, 5.41) is 9.31. The van der Waals surface area contributed by atoms with Crippen molar-refractivity contribution in [2.24, 2.45) is 0 Å². The van der Waals surface area contributed by atoms with Gasteiger partial charge in [-0.05, 0) is 36.8 Å². The molecule has 0 saturated heterocycles. The second-order valence-electron chi connectivity index (χ2n) is 5.58. The second-order valence-corrected chi connectivity index (χ2v) is 9.20. The fourth-order valence-corrected chi connectivity index (χ4v) is 2.92. The van der Waals surface area contributed by atoms with Gasteiger partial charge in [-0.1, -0.05) is 84.2 Å². The molecule has 0 bridgehead atoms. The van der Waals surface area contributed by atoms with Crippen molar-refractivity contribution >= 4 is 86.9 Å². The van der Waals surface area contributed by atoms with E-state index >= 15 is 0 Å². The lowest BCUT2D eigenvalue weighted by Gasteiger charge is -2.28. The van der Waals surface area contributed by atoms with Crippen LogP contribution in [-0.4, -0.2) is 21.0 Å². The Morgan fingerprint density at radius 1 is 1.15 bits per heavy atom. The van der Waals surface area contributed by atoms with E-state index in [4.69, 9.17) is 70.2 Å². The standard InChI is InChI=1S/C16H20Cl5N3OS/c1-2-3-4-5-6-13(25)23-14(16(19,20)21)24-15(26)22-12-9-10(17)7-8-11(12)18/h7-9,14H,2-6H2,1H3,(H,23,25)(H2,22,24,26). The summed E-state index contributed by atoms with van der Waals surface area (Å²) in [6.45, 7) is 2.10. The van der Waals surface area contributed by atoms with Crippen molar-refractivity contribution in [1.29, 1.82) is 0 Å². The first kappa shape index (κ1) is 23.9. The number of alkyl halides is 3. The first-order chi connectivity index (χ1) is 12.1. The normalized spacial score (nSPS) is 12.4. The van der Waals surface area contributed by atoms with Gasteiger partial charge in [-0.25, -0.2) is 0 Å². The van der Waals surface area contributed by atoms with Crippen LogP contribution in [0.15, 0.2) is 18.2 Å². The Morgan fingerprint density at radius 2 is 1.85 bits per heavy atom. The average Bonchev–Trinajstić information content (AvgIpc) is 2.53. The third kappa shape index (κ3) is 9.16. The lowest BCUT2D eigenvalue weighted by molar-refractivity contribution is -0.122. The molecule has 0 heterocycles. The molecule has 0 spiro atoms. The molecule has 1 amide bonds. The number of benzene rings is 1. The summed E-state index contributed by atoms with van der Waals surface area (Å²) in [6, 6.07) is 4.88. The monoisotopic (exact) mass is 477 g/mol. The zero-order chi connectivity index (χ0) is 19.7. The molecule has 1 aromatic rings. The van der Waals surface area contributed by atoms with Gasteiger partial charge in [0.05, 0.1) is 10.7 Å². The van der Waals surface area contributed by atoms with Gasteiger partial charge in [0.2, 0.25) is 9.70 Å². The first-order valence-electron chi connectivity index (χ1n) is 8.02. The van der Waals surface area contributed by atoms with Crippen molar-refractivity contribution in [2.75, 3.05) is 5.32 Å². The third-order valence-corrected chi connectivity index (χ3v) is 4.78. The number of carbonyl (C=O) groups is 1. The fraction of sp³-hybridized carbons (Fsp3) is 0.500. The van der Waals surface area contributed by atoms with E-state index in [-0.39, 0.29) is 11.0 Å². The second kappa shape index (κ2) is 11.6. The molecule has 1 atom stereocenters. The van der Waals surface area contributed by atoms with Gasteiger partial charge in [0.15, 0.2) is 5.11 Å². The number of hydrogen-bond donors (Lipinski definition) is 3. The van der Waals surface area contributed by atoms with Gasteiger partial charge in [0.25, 0.3) is 0 Å². The molecule has 0 saturated carbocycles. The van der Waals surface area contributed by atoms with Crippen molar-refractivity contribution in [3.63, 3.8) is 0 Å². The summed E-state index contributed by atoms with van der Waals surface area (Å²) >= 11 is 35.1. The Balaban J connectivity index is 2.65. The van der Waals surface area contributed by atoms with Crippen molar-refractivity contribution < 1.29 is 4.79 Å². The molecular weight excluding hydrogens is 460 g/mol. The van der Waals surface area contributed by atoms with Gasteiger partial charge >= 0.3 is 0 Å². The number of unbranched alkanes of at least 4 members (excludes halogenated alkanes) is 3. The van der Waals surface area contributed by atoms with Gasteiger partial charge in [-0.15, -0.1) is 0 Å². The quantitative estimate of drug-likeness (QED) is 0.184. The lowest BCUT2D eigenvalue weighted by Crippen LogP contribution is -2.56. The van der Waals surface area contributed by atoms with E-state index in [0.717, 1.165) is 25.7 Å². The van der Waals surface area contributed by atoms with E-state index in [2.05, 4.69) is 22.9 Å². The molecule has 1 unspecified atom stereocenters. The predicted octanol–water partition coefficient (Wildman–Crippen LogP) is 6.06. The molecule has 26 heavy (non-hydrogen) atoms. The Labute approximate surface area is 184 Å². The third-order valence-electron chi connectivity index (χ3n) is 3.34. The molecule has 0 radical (unpaired) electrons. The maximum Gasteiger partial charge on any atom is 0.228 e. The minimum atomic E-state index is -1.80. The molecule has 0 aliphatic heterocycles. The summed E-state index contributed by atoms with van der Waals surface area (Å²) < 4.78 is -1.80. The van der Waals surface area contributed by atoms with Crippen molar-refractivity contribution in [1.82, 2.24) is 10.6 Å². The molecule has 146 valence electrons. The molecule has 1 aromatic carbocycles. The van der Waals surface area contributed by atoms with Gasteiger partial charge in [0.1, 0.15) is 6.17 Å². The molecule has 0 aliphatic carbocycles. The Morgan fingerprint density at radius 3 is 2.46 bits per heavy atom. The summed E-state index contributed by atoms with van der Waals surface area (Å²) in [5.74, 6) is -0.228. The highest BCUT2D eigenvalue weighted by Gasteiger charge is 2.34. The molecule has 0 aliphatic rings. The lowest BCUT2D eigenvalue weighted by atomic mass is 10.1. The highest BCUT2D eigenvalue weighted by atomic mass is 35.6. The Kier molecular flexibility index (Phi) is 10.7. The molecule has 4 nitrogen and oxygen atoms in total. The van der Waals surface area contributed by atoms with Gasteiger partial charge in [0, 0.05) is 11.4 Å². The number of amides is 1. The number of anilines is 1. The van der Waals surface area contributed by atoms with Crippen LogP contribution < -0.4 is 16.0 Å². The highest BCUT2D eigenvalue weighted by molar-refractivity contribution is 7.80. The largest absolute Gasteiger partial charge is 0.339 e. The number of rotatable bonds is 8. The Hall–Kier alpha value is -0.170. The topological polar surface area (TPSA) is 53.2 Å². The average molecular weight is 480 g/mol. The number of halogens is 5. The van der Waals surface area contributed by atoms with Gasteiger partial charge < -0.3 is 16.0 Å². The molecule has 0 fully saturated rings. The van der Waals surface area contributed by atoms with Gasteiger partial charge in [-0.3, -0.25) is 4.79 Å². The number of hydrogen-bond acceptors (Lipinski definition) is 2. The van der Waals surface area contributed by atoms with Crippen LogP contribution in [0.2, 0.25) is 10.0 Å². The molecule has 3 N–H and O–H groups in total. The fourth-order valence-electron chi connectivity index (χ4n) is 2.03. The zero-order valence-electron chi connectivity index (χ0n) is 14.1. The first-order valence-corrected chi connectivity index (χ1v) is 10.3. The van der Waals surface area contributed by atoms with E-state index in [1.54, 1.807) is 18.2 Å². The minimum absolute atomic E-state index is 0.122. The van der Waals surface area contributed by atoms with E-state index in [0.29, 0.717) is 22.2 Å². The maximum atomic E-state index is 12.1. The molecular formula is C16H20Cl5N3OS. The maximum absolute atomic E-state index is 12.1. The van der Waals surface area contributed by atoms with Crippen LogP contribution in [0.25, 0.3) is 0 Å². The van der Waals surface area contributed by atoms with Crippen molar-refractivity contribution in [3.8, 4) is 0 Å². The van der Waals surface area contributed by atoms with Crippen molar-refractivity contribution in [2.45, 2.75) is 49.0 Å². The van der Waals surface area contributed by atoms with Gasteiger partial charge in [-0.2, -0.15) is 0 Å². The smallest absolute Gasteiger partial charge is 0.228 e. The van der Waals surface area contributed by atoms with E-state index in [1.165, 1.54) is 0 Å². The number of carbonyl (C=O) groups excluding carboxylic acids is 1. The zero-order valence-corrected chi connectivity index (χ0v) is 18.6. The van der Waals surface area contributed by atoms with E-state index in [9.17, 15) is 4.79 Å². The van der Waals surface area contributed by atoms with Crippen molar-refractivity contribution in [3.05, 3.63) is 28.2 Å². The molecule has 0 aromatic heterocycles. The highest BCUT2D eigenvalue weighted by Crippen LogP contribution is 2.30. The minimum Gasteiger partial charge on any atom is -0.339 e. The summed E-state index contributed by atoms with van der Waals surface area (Å²) in [7, 11) is 0. The van der Waals surface area contributed by atoms with Crippen LogP contribution in [0.5, 0.6) is 0 Å². The SMILES string of the molecule is CCCCCCC(=O)NC(NC(=S)Nc1cc(Cl)ccc1Cl)C(Cl)(Cl)Cl. The molecule has 10 heteroatoms. The summed E-state index contributed by atoms with van der Waals surface area (Å²) in [4.78, 5) is 12.1. The van der Waals surface area contributed by atoms with E-state index < -0.39 is 9.96 Å². The number of nitrogens with one attached hydrogen (secondary N) is 3. The number of thiocarbonyl (C=S) groups is 1. The van der Waals surface area contributed by atoms with Crippen LogP contribution in [-0.2, 0) is 4.79 Å². The van der Waals surface area contributed by atoms with E-state index in [1.807, 2.05) is 0 Å².